The number of hydrogen-bond acceptors (Lipinski definition) is 3. The van der Waals surface area contributed by atoms with Gasteiger partial charge in [-0.05, 0) is 23.6 Å². The first-order chi connectivity index (χ1) is 7.19. The van der Waals surface area contributed by atoms with Crippen molar-refractivity contribution < 1.29 is 9.53 Å². The van der Waals surface area contributed by atoms with E-state index in [4.69, 9.17) is 4.74 Å². The summed E-state index contributed by atoms with van der Waals surface area (Å²) in [5, 5.41) is 3.03. The molecule has 0 radical (unpaired) electrons. The molecular formula is C12H17NO2. The zero-order chi connectivity index (χ0) is 11.3. The zero-order valence-corrected chi connectivity index (χ0v) is 9.41. The molecule has 0 aliphatic carbocycles. The van der Waals surface area contributed by atoms with Crippen molar-refractivity contribution in [1.29, 1.82) is 0 Å². The van der Waals surface area contributed by atoms with Crippen LogP contribution in [0.5, 0.6) is 5.75 Å². The number of hydrogen-bond donors (Lipinski definition) is 1. The molecule has 0 aliphatic heterocycles. The summed E-state index contributed by atoms with van der Waals surface area (Å²) in [7, 11) is 1.83. The summed E-state index contributed by atoms with van der Waals surface area (Å²) in [4.78, 5) is 10.3. The second-order valence-corrected chi connectivity index (χ2v) is 3.64. The summed E-state index contributed by atoms with van der Waals surface area (Å²) in [6.07, 6.45) is 0.751. The lowest BCUT2D eigenvalue weighted by Gasteiger charge is -2.12. The number of benzene rings is 1. The molecule has 15 heavy (non-hydrogen) atoms. The molecule has 0 bridgehead atoms. The van der Waals surface area contributed by atoms with Gasteiger partial charge in [0.05, 0.1) is 5.69 Å². The molecule has 3 heteroatoms. The average Bonchev–Trinajstić information content (AvgIpc) is 2.25. The molecule has 0 heterocycles. The summed E-state index contributed by atoms with van der Waals surface area (Å²) in [6.45, 7) is 4.34. The van der Waals surface area contributed by atoms with E-state index in [0.717, 1.165) is 17.7 Å². The summed E-state index contributed by atoms with van der Waals surface area (Å²) in [5.74, 6) is 1.19. The number of nitrogens with one attached hydrogen (secondary N) is 1. The third-order valence-corrected chi connectivity index (χ3v) is 2.25. The Bertz CT molecular complexity index is 334. The Kier molecular flexibility index (Phi) is 4.16. The van der Waals surface area contributed by atoms with E-state index < -0.39 is 0 Å². The van der Waals surface area contributed by atoms with Crippen molar-refractivity contribution in [3.8, 4) is 5.75 Å². The Hall–Kier alpha value is -1.51. The van der Waals surface area contributed by atoms with Crippen LogP contribution < -0.4 is 10.1 Å². The van der Waals surface area contributed by atoms with Crippen LogP contribution in [0.25, 0.3) is 0 Å². The Labute approximate surface area is 90.4 Å². The molecule has 1 aromatic carbocycles. The van der Waals surface area contributed by atoms with Crippen LogP contribution in [0.1, 0.15) is 25.3 Å². The molecule has 1 aromatic rings. The van der Waals surface area contributed by atoms with Crippen LogP contribution in [-0.2, 0) is 4.79 Å². The van der Waals surface area contributed by atoms with Gasteiger partial charge < -0.3 is 10.1 Å². The fourth-order valence-corrected chi connectivity index (χ4v) is 1.35. The van der Waals surface area contributed by atoms with Crippen LogP contribution >= 0.6 is 0 Å². The number of rotatable bonds is 5. The van der Waals surface area contributed by atoms with Gasteiger partial charge in [-0.1, -0.05) is 19.9 Å². The molecule has 0 atom stereocenters. The van der Waals surface area contributed by atoms with E-state index in [2.05, 4.69) is 25.2 Å². The maximum Gasteiger partial charge on any atom is 0.157 e. The maximum absolute atomic E-state index is 10.3. The minimum Gasteiger partial charge on any atom is -0.484 e. The van der Waals surface area contributed by atoms with Gasteiger partial charge in [0.1, 0.15) is 12.4 Å². The van der Waals surface area contributed by atoms with E-state index in [-0.39, 0.29) is 6.61 Å². The molecule has 1 rings (SSSR count). The smallest absolute Gasteiger partial charge is 0.157 e. The fourth-order valence-electron chi connectivity index (χ4n) is 1.35. The first-order valence-corrected chi connectivity index (χ1v) is 5.07. The Morgan fingerprint density at radius 2 is 2.20 bits per heavy atom. The van der Waals surface area contributed by atoms with E-state index in [1.54, 1.807) is 0 Å². The average molecular weight is 207 g/mol. The molecule has 0 aliphatic rings. The molecule has 0 aromatic heterocycles. The van der Waals surface area contributed by atoms with Crippen molar-refractivity contribution in [2.45, 2.75) is 19.8 Å². The molecule has 82 valence electrons. The summed E-state index contributed by atoms with van der Waals surface area (Å²) in [5.41, 5.74) is 2.11. The summed E-state index contributed by atoms with van der Waals surface area (Å²) in [6, 6.07) is 6.00. The molecule has 0 unspecified atom stereocenters. The van der Waals surface area contributed by atoms with E-state index in [0.29, 0.717) is 5.92 Å². The highest BCUT2D eigenvalue weighted by atomic mass is 16.5. The quantitative estimate of drug-likeness (QED) is 0.753. The van der Waals surface area contributed by atoms with Gasteiger partial charge in [-0.15, -0.1) is 0 Å². The van der Waals surface area contributed by atoms with Crippen molar-refractivity contribution in [2.24, 2.45) is 0 Å². The lowest BCUT2D eigenvalue weighted by Crippen LogP contribution is -2.02. The highest BCUT2D eigenvalue weighted by Gasteiger charge is 2.06. The van der Waals surface area contributed by atoms with E-state index in [1.807, 2.05) is 19.2 Å². The molecule has 1 N–H and O–H groups in total. The molecular weight excluding hydrogens is 190 g/mol. The molecule has 0 amide bonds. The molecule has 3 nitrogen and oxygen atoms in total. The molecule has 0 spiro atoms. The van der Waals surface area contributed by atoms with Crippen molar-refractivity contribution >= 4 is 12.0 Å². The predicted molar refractivity (Wildman–Crippen MR) is 61.6 cm³/mol. The van der Waals surface area contributed by atoms with E-state index in [9.17, 15) is 4.79 Å². The number of ether oxygens (including phenoxy) is 1. The van der Waals surface area contributed by atoms with Gasteiger partial charge in [-0.3, -0.25) is 4.79 Å². The van der Waals surface area contributed by atoms with Crippen LogP contribution in [0.3, 0.4) is 0 Å². The Morgan fingerprint density at radius 1 is 1.47 bits per heavy atom. The second kappa shape index (κ2) is 5.39. The van der Waals surface area contributed by atoms with Crippen molar-refractivity contribution in [3.05, 3.63) is 23.8 Å². The predicted octanol–water partition coefficient (Wildman–Crippen LogP) is 2.43. The first-order valence-electron chi connectivity index (χ1n) is 5.07. The van der Waals surface area contributed by atoms with E-state index in [1.165, 1.54) is 5.56 Å². The van der Waals surface area contributed by atoms with Gasteiger partial charge in [0.25, 0.3) is 0 Å². The zero-order valence-electron chi connectivity index (χ0n) is 9.41. The number of anilines is 1. The number of carbonyl (C=O) groups is 1. The van der Waals surface area contributed by atoms with Crippen LogP contribution in [0.4, 0.5) is 5.69 Å². The van der Waals surface area contributed by atoms with Crippen LogP contribution in [0.2, 0.25) is 0 Å². The highest BCUT2D eigenvalue weighted by Crippen LogP contribution is 2.28. The van der Waals surface area contributed by atoms with E-state index >= 15 is 0 Å². The first kappa shape index (κ1) is 11.6. The highest BCUT2D eigenvalue weighted by molar-refractivity contribution is 5.59. The van der Waals surface area contributed by atoms with Gasteiger partial charge in [-0.25, -0.2) is 0 Å². The van der Waals surface area contributed by atoms with Crippen LogP contribution in [-0.4, -0.2) is 19.9 Å². The van der Waals surface area contributed by atoms with Crippen LogP contribution in [0, 0.1) is 0 Å². The second-order valence-electron chi connectivity index (χ2n) is 3.64. The Balaban J connectivity index is 2.96. The third-order valence-electron chi connectivity index (χ3n) is 2.25. The van der Waals surface area contributed by atoms with Gasteiger partial charge in [0, 0.05) is 7.05 Å². The lowest BCUT2D eigenvalue weighted by atomic mass is 10.0. The molecule has 0 saturated heterocycles. The lowest BCUT2D eigenvalue weighted by molar-refractivity contribution is -0.109. The SMILES string of the molecule is CNc1ccc(C(C)C)cc1OCC=O. The van der Waals surface area contributed by atoms with Gasteiger partial charge in [0.15, 0.2) is 6.29 Å². The van der Waals surface area contributed by atoms with Gasteiger partial charge >= 0.3 is 0 Å². The summed E-state index contributed by atoms with van der Waals surface area (Å²) >= 11 is 0. The number of aldehydes is 1. The van der Waals surface area contributed by atoms with Crippen molar-refractivity contribution in [1.82, 2.24) is 0 Å². The minimum atomic E-state index is 0.0935. The fraction of sp³-hybridized carbons (Fsp3) is 0.417. The number of carbonyl (C=O) groups excluding carboxylic acids is 1. The van der Waals surface area contributed by atoms with Gasteiger partial charge in [-0.2, -0.15) is 0 Å². The van der Waals surface area contributed by atoms with Crippen molar-refractivity contribution in [2.75, 3.05) is 19.0 Å². The van der Waals surface area contributed by atoms with Crippen LogP contribution in [0.15, 0.2) is 18.2 Å². The minimum absolute atomic E-state index is 0.0935. The van der Waals surface area contributed by atoms with Crippen molar-refractivity contribution in [3.63, 3.8) is 0 Å². The normalized spacial score (nSPS) is 10.1. The standard InChI is InChI=1S/C12H17NO2/c1-9(2)10-4-5-11(13-3)12(8-10)15-7-6-14/h4-6,8-9,13H,7H2,1-3H3. The van der Waals surface area contributed by atoms with Gasteiger partial charge in [0.2, 0.25) is 0 Å². The molecule has 0 saturated carbocycles. The Morgan fingerprint density at radius 3 is 2.73 bits per heavy atom. The molecule has 0 fully saturated rings. The largest absolute Gasteiger partial charge is 0.484 e. The monoisotopic (exact) mass is 207 g/mol. The maximum atomic E-state index is 10.3. The third kappa shape index (κ3) is 2.98. The summed E-state index contributed by atoms with van der Waals surface area (Å²) < 4.78 is 5.34. The topological polar surface area (TPSA) is 38.3 Å².